The first kappa shape index (κ1) is 15.3. The Balaban J connectivity index is 2.26. The van der Waals surface area contributed by atoms with Crippen molar-refractivity contribution in [2.45, 2.75) is 13.0 Å². The van der Waals surface area contributed by atoms with Gasteiger partial charge in [0.05, 0.1) is 17.3 Å². The van der Waals surface area contributed by atoms with Crippen molar-refractivity contribution in [2.24, 2.45) is 5.84 Å². The van der Waals surface area contributed by atoms with E-state index in [1.807, 2.05) is 25.1 Å². The Kier molecular flexibility index (Phi) is 4.77. The first-order chi connectivity index (χ1) is 10.0. The molecule has 110 valence electrons. The molecule has 0 aliphatic heterocycles. The summed E-state index contributed by atoms with van der Waals surface area (Å²) in [4.78, 5) is 18.2. The highest BCUT2D eigenvalue weighted by Gasteiger charge is 2.21. The lowest BCUT2D eigenvalue weighted by molar-refractivity contribution is 0.0743. The Morgan fingerprint density at radius 1 is 1.43 bits per heavy atom. The summed E-state index contributed by atoms with van der Waals surface area (Å²) in [5, 5.41) is 0.644. The Bertz CT molecular complexity index is 647. The molecule has 0 radical (unpaired) electrons. The lowest BCUT2D eigenvalue weighted by Crippen LogP contribution is -2.30. The molecule has 1 unspecified atom stereocenters. The minimum Gasteiger partial charge on any atom is -0.335 e. The third-order valence-corrected chi connectivity index (χ3v) is 3.67. The van der Waals surface area contributed by atoms with Gasteiger partial charge in [-0.2, -0.15) is 0 Å². The molecular weight excluding hydrogens is 288 g/mol. The van der Waals surface area contributed by atoms with E-state index in [0.717, 1.165) is 5.56 Å². The Morgan fingerprint density at radius 2 is 2.19 bits per heavy atom. The van der Waals surface area contributed by atoms with Gasteiger partial charge in [-0.15, -0.1) is 0 Å². The number of hydrogen-bond acceptors (Lipinski definition) is 4. The van der Waals surface area contributed by atoms with Crippen LogP contribution in [0.3, 0.4) is 0 Å². The van der Waals surface area contributed by atoms with Crippen LogP contribution in [-0.4, -0.2) is 22.8 Å². The fourth-order valence-electron chi connectivity index (χ4n) is 2.05. The topological polar surface area (TPSA) is 71.2 Å². The van der Waals surface area contributed by atoms with Crippen LogP contribution < -0.4 is 11.3 Å². The third-order valence-electron chi connectivity index (χ3n) is 3.44. The number of halogens is 1. The molecule has 21 heavy (non-hydrogen) atoms. The molecule has 0 saturated carbocycles. The van der Waals surface area contributed by atoms with Crippen LogP contribution in [0.15, 0.2) is 42.7 Å². The van der Waals surface area contributed by atoms with Crippen molar-refractivity contribution in [2.75, 3.05) is 12.5 Å². The third kappa shape index (κ3) is 3.32. The zero-order chi connectivity index (χ0) is 15.4. The first-order valence-corrected chi connectivity index (χ1v) is 6.85. The van der Waals surface area contributed by atoms with Crippen molar-refractivity contribution < 1.29 is 4.79 Å². The minimum absolute atomic E-state index is 0.123. The van der Waals surface area contributed by atoms with Gasteiger partial charge in [-0.25, -0.2) is 0 Å². The second-order valence-electron chi connectivity index (χ2n) is 4.71. The number of amides is 1. The summed E-state index contributed by atoms with van der Waals surface area (Å²) < 4.78 is 0. The zero-order valence-electron chi connectivity index (χ0n) is 11.9. The fourth-order valence-corrected chi connectivity index (χ4v) is 2.25. The van der Waals surface area contributed by atoms with Gasteiger partial charge >= 0.3 is 0 Å². The summed E-state index contributed by atoms with van der Waals surface area (Å²) in [5.41, 5.74) is 4.44. The van der Waals surface area contributed by atoms with Gasteiger partial charge in [0.1, 0.15) is 0 Å². The molecule has 1 aromatic heterocycles. The fraction of sp³-hybridized carbons (Fsp3) is 0.200. The van der Waals surface area contributed by atoms with Crippen LogP contribution in [-0.2, 0) is 0 Å². The number of pyridine rings is 1. The Labute approximate surface area is 128 Å². The molecule has 0 spiro atoms. The van der Waals surface area contributed by atoms with Crippen LogP contribution in [0.25, 0.3) is 0 Å². The molecule has 3 N–H and O–H groups in total. The number of nitrogens with two attached hydrogens (primary N) is 1. The molecule has 6 heteroatoms. The van der Waals surface area contributed by atoms with Crippen molar-refractivity contribution in [1.82, 2.24) is 9.88 Å². The van der Waals surface area contributed by atoms with Crippen molar-refractivity contribution in [3.8, 4) is 0 Å². The summed E-state index contributed by atoms with van der Waals surface area (Å²) in [6, 6.07) is 8.99. The molecule has 1 aromatic carbocycles. The number of aromatic nitrogens is 1. The van der Waals surface area contributed by atoms with Gasteiger partial charge in [-0.3, -0.25) is 15.6 Å². The van der Waals surface area contributed by atoms with Crippen LogP contribution >= 0.6 is 11.6 Å². The molecule has 1 amide bonds. The lowest BCUT2D eigenvalue weighted by Gasteiger charge is -2.26. The molecule has 0 aliphatic rings. The molecule has 2 aromatic rings. The Morgan fingerprint density at radius 3 is 2.86 bits per heavy atom. The first-order valence-electron chi connectivity index (χ1n) is 6.48. The van der Waals surface area contributed by atoms with Crippen LogP contribution in [0.5, 0.6) is 0 Å². The quantitative estimate of drug-likeness (QED) is 0.673. The van der Waals surface area contributed by atoms with Crippen LogP contribution in [0.4, 0.5) is 5.69 Å². The highest BCUT2D eigenvalue weighted by Crippen LogP contribution is 2.24. The van der Waals surface area contributed by atoms with E-state index < -0.39 is 0 Å². The van der Waals surface area contributed by atoms with E-state index in [-0.39, 0.29) is 11.9 Å². The maximum absolute atomic E-state index is 12.6. The van der Waals surface area contributed by atoms with Gasteiger partial charge in [-0.1, -0.05) is 23.7 Å². The SMILES string of the molecule is CC(c1cccc(Cl)c1)N(C)C(=O)c1cnccc1NN. The summed E-state index contributed by atoms with van der Waals surface area (Å²) in [7, 11) is 1.74. The maximum atomic E-state index is 12.6. The molecule has 5 nitrogen and oxygen atoms in total. The van der Waals surface area contributed by atoms with Gasteiger partial charge in [0.25, 0.3) is 5.91 Å². The molecular formula is C15H17ClN4O. The zero-order valence-corrected chi connectivity index (χ0v) is 12.6. The predicted octanol–water partition coefficient (Wildman–Crippen LogP) is 2.85. The summed E-state index contributed by atoms with van der Waals surface area (Å²) in [6.45, 7) is 1.94. The van der Waals surface area contributed by atoms with Crippen molar-refractivity contribution >= 4 is 23.2 Å². The number of benzene rings is 1. The standard InChI is InChI=1S/C15H17ClN4O/c1-10(11-4-3-5-12(16)8-11)20(2)15(21)13-9-18-7-6-14(13)19-17/h3-10H,17H2,1-2H3,(H,18,19). The second kappa shape index (κ2) is 6.56. The van der Waals surface area contributed by atoms with E-state index >= 15 is 0 Å². The number of anilines is 1. The van der Waals surface area contributed by atoms with Crippen molar-refractivity contribution in [3.63, 3.8) is 0 Å². The number of rotatable bonds is 4. The Hall–Kier alpha value is -2.11. The van der Waals surface area contributed by atoms with Crippen LogP contribution in [0.2, 0.25) is 5.02 Å². The summed E-state index contributed by atoms with van der Waals surface area (Å²) in [5.74, 6) is 5.27. The van der Waals surface area contributed by atoms with E-state index in [4.69, 9.17) is 17.4 Å². The summed E-state index contributed by atoms with van der Waals surface area (Å²) in [6.07, 6.45) is 3.07. The second-order valence-corrected chi connectivity index (χ2v) is 5.15. The summed E-state index contributed by atoms with van der Waals surface area (Å²) >= 11 is 6.00. The van der Waals surface area contributed by atoms with Crippen molar-refractivity contribution in [1.29, 1.82) is 0 Å². The normalized spacial score (nSPS) is 11.8. The molecule has 1 heterocycles. The molecule has 2 rings (SSSR count). The average molecular weight is 305 g/mol. The van der Waals surface area contributed by atoms with Gasteiger partial charge < -0.3 is 10.3 Å². The highest BCUT2D eigenvalue weighted by molar-refractivity contribution is 6.30. The number of nitrogens with one attached hydrogen (secondary N) is 1. The van der Waals surface area contributed by atoms with Gasteiger partial charge in [0.15, 0.2) is 0 Å². The highest BCUT2D eigenvalue weighted by atomic mass is 35.5. The minimum atomic E-state index is -0.163. The van der Waals surface area contributed by atoms with Gasteiger partial charge in [0, 0.05) is 24.5 Å². The van der Waals surface area contributed by atoms with Gasteiger partial charge in [-0.05, 0) is 30.7 Å². The number of carbonyl (C=O) groups excluding carboxylic acids is 1. The number of hydrazine groups is 1. The van der Waals surface area contributed by atoms with E-state index in [2.05, 4.69) is 10.4 Å². The number of hydrogen-bond donors (Lipinski definition) is 2. The van der Waals surface area contributed by atoms with Gasteiger partial charge in [0.2, 0.25) is 0 Å². The molecule has 0 saturated heterocycles. The van der Waals surface area contributed by atoms with Crippen LogP contribution in [0.1, 0.15) is 28.9 Å². The lowest BCUT2D eigenvalue weighted by atomic mass is 10.1. The molecule has 1 atom stereocenters. The molecule has 0 fully saturated rings. The largest absolute Gasteiger partial charge is 0.335 e. The van der Waals surface area contributed by atoms with E-state index in [1.54, 1.807) is 30.3 Å². The number of nitrogen functional groups attached to an aromatic ring is 1. The monoisotopic (exact) mass is 304 g/mol. The van der Waals surface area contributed by atoms with E-state index in [9.17, 15) is 4.79 Å². The number of carbonyl (C=O) groups is 1. The van der Waals surface area contributed by atoms with Crippen LogP contribution in [0, 0.1) is 0 Å². The smallest absolute Gasteiger partial charge is 0.257 e. The van der Waals surface area contributed by atoms with Crippen molar-refractivity contribution in [3.05, 3.63) is 58.9 Å². The molecule has 0 aliphatic carbocycles. The predicted molar refractivity (Wildman–Crippen MR) is 84.0 cm³/mol. The van der Waals surface area contributed by atoms with E-state index in [0.29, 0.717) is 16.3 Å². The van der Waals surface area contributed by atoms with E-state index in [1.165, 1.54) is 6.20 Å². The molecule has 0 bridgehead atoms. The number of nitrogens with zero attached hydrogens (tertiary/aromatic N) is 2. The average Bonchev–Trinajstić information content (AvgIpc) is 2.52. The maximum Gasteiger partial charge on any atom is 0.257 e.